The van der Waals surface area contributed by atoms with Crippen LogP contribution in [0.3, 0.4) is 0 Å². The summed E-state index contributed by atoms with van der Waals surface area (Å²) in [6.07, 6.45) is 7.16. The second-order valence-corrected chi connectivity index (χ2v) is 9.64. The molecule has 0 spiro atoms. The quantitative estimate of drug-likeness (QED) is 0.128. The van der Waals surface area contributed by atoms with Gasteiger partial charge in [-0.05, 0) is 53.8 Å². The highest BCUT2D eigenvalue weighted by Gasteiger charge is 2.27. The van der Waals surface area contributed by atoms with Crippen molar-refractivity contribution < 1.29 is 29.1 Å². The van der Waals surface area contributed by atoms with E-state index in [0.717, 1.165) is 16.7 Å². The second-order valence-electron chi connectivity index (χ2n) is 9.64. The van der Waals surface area contributed by atoms with Gasteiger partial charge in [-0.3, -0.25) is 24.4 Å². The van der Waals surface area contributed by atoms with Crippen LogP contribution >= 0.6 is 0 Å². The first-order valence-electron chi connectivity index (χ1n) is 13.6. The Bertz CT molecular complexity index is 1440. The van der Waals surface area contributed by atoms with Gasteiger partial charge in [0.25, 0.3) is 11.8 Å². The summed E-state index contributed by atoms with van der Waals surface area (Å²) in [5.74, 6) is -1.47. The number of hydrogen-bond acceptors (Lipinski definition) is 7. The number of cyclic esters (lactones) is 1. The van der Waals surface area contributed by atoms with Crippen LogP contribution in [0.15, 0.2) is 96.1 Å². The Kier molecular flexibility index (Phi) is 10.7. The number of nitrogens with one attached hydrogen (secondary N) is 2. The summed E-state index contributed by atoms with van der Waals surface area (Å²) in [4.78, 5) is 51.2. The Morgan fingerprint density at radius 3 is 2.19 bits per heavy atom. The Hall–Kier alpha value is -5.09. The van der Waals surface area contributed by atoms with E-state index >= 15 is 0 Å². The number of benzene rings is 3. The molecule has 10 heteroatoms. The highest BCUT2D eigenvalue weighted by Crippen LogP contribution is 2.26. The van der Waals surface area contributed by atoms with Crippen molar-refractivity contribution in [2.45, 2.75) is 38.3 Å². The molecule has 0 bridgehead atoms. The van der Waals surface area contributed by atoms with Crippen molar-refractivity contribution in [1.82, 2.24) is 15.8 Å². The average Bonchev–Trinajstić information content (AvgIpc) is 3.02. The van der Waals surface area contributed by atoms with Crippen molar-refractivity contribution in [1.29, 1.82) is 0 Å². The maximum Gasteiger partial charge on any atom is 0.306 e. The predicted molar refractivity (Wildman–Crippen MR) is 155 cm³/mol. The van der Waals surface area contributed by atoms with Crippen molar-refractivity contribution in [2.75, 3.05) is 6.61 Å². The van der Waals surface area contributed by atoms with Gasteiger partial charge < -0.3 is 9.64 Å². The van der Waals surface area contributed by atoms with Gasteiger partial charge in [0.1, 0.15) is 6.61 Å². The molecule has 1 aliphatic heterocycles. The summed E-state index contributed by atoms with van der Waals surface area (Å²) >= 11 is 0. The van der Waals surface area contributed by atoms with E-state index in [9.17, 15) is 19.2 Å². The van der Waals surface area contributed by atoms with Crippen molar-refractivity contribution >= 4 is 29.9 Å². The summed E-state index contributed by atoms with van der Waals surface area (Å²) in [5.41, 5.74) is 6.97. The predicted octanol–water partition coefficient (Wildman–Crippen LogP) is 4.31. The molecule has 3 N–H and O–H groups in total. The fourth-order valence-corrected chi connectivity index (χ4v) is 4.42. The normalized spacial score (nSPS) is 17.1. The molecule has 0 unspecified atom stereocenters. The summed E-state index contributed by atoms with van der Waals surface area (Å²) < 4.78 is 5.59. The van der Waals surface area contributed by atoms with Crippen LogP contribution in [0, 0.1) is 0 Å². The summed E-state index contributed by atoms with van der Waals surface area (Å²) in [7, 11) is 0. The number of hydrazone groups is 1. The molecular weight excluding hydrogens is 536 g/mol. The number of carbonyl (C=O) groups is 4. The number of allylic oxidation sites excluding steroid dienone is 2. The topological polar surface area (TPSA) is 137 Å². The van der Waals surface area contributed by atoms with Crippen molar-refractivity contribution in [3.63, 3.8) is 0 Å². The number of nitrogens with zero attached hydrogens (tertiary/aromatic N) is 2. The third kappa shape index (κ3) is 8.45. The monoisotopic (exact) mass is 568 g/mol. The van der Waals surface area contributed by atoms with Crippen LogP contribution in [0.4, 0.5) is 0 Å². The van der Waals surface area contributed by atoms with Crippen LogP contribution in [-0.4, -0.2) is 46.6 Å². The largest absolute Gasteiger partial charge is 0.463 e. The SMILES string of the molecule is O=C1CC/C=C/CCC(=O)N(Cc2ccc(/C=N/NC(=O)c3ccc(C(=O)NO)cc3)cc2)[C@@H](c2ccccc2)CO1. The van der Waals surface area contributed by atoms with Crippen LogP contribution in [0.2, 0.25) is 0 Å². The molecule has 0 saturated heterocycles. The Morgan fingerprint density at radius 1 is 0.881 bits per heavy atom. The minimum absolute atomic E-state index is 0.0384. The molecule has 3 aromatic rings. The van der Waals surface area contributed by atoms with Crippen LogP contribution < -0.4 is 10.9 Å². The molecule has 3 amide bonds. The molecule has 10 nitrogen and oxygen atoms in total. The summed E-state index contributed by atoms with van der Waals surface area (Å²) in [6.45, 7) is 0.387. The summed E-state index contributed by atoms with van der Waals surface area (Å²) in [5, 5.41) is 12.7. The molecule has 0 saturated carbocycles. The molecular formula is C32H32N4O6. The number of carbonyl (C=O) groups excluding carboxylic acids is 4. The van der Waals surface area contributed by atoms with Gasteiger partial charge in [-0.2, -0.15) is 5.10 Å². The Morgan fingerprint density at radius 2 is 1.52 bits per heavy atom. The third-order valence-corrected chi connectivity index (χ3v) is 6.71. The maximum absolute atomic E-state index is 13.4. The van der Waals surface area contributed by atoms with E-state index in [1.165, 1.54) is 36.0 Å². The Balaban J connectivity index is 1.45. The smallest absolute Gasteiger partial charge is 0.306 e. The van der Waals surface area contributed by atoms with Gasteiger partial charge in [-0.1, -0.05) is 66.7 Å². The highest BCUT2D eigenvalue weighted by atomic mass is 16.5. The second kappa shape index (κ2) is 15.1. The molecule has 3 aromatic carbocycles. The highest BCUT2D eigenvalue weighted by molar-refractivity contribution is 5.97. The zero-order chi connectivity index (χ0) is 29.7. The van der Waals surface area contributed by atoms with Gasteiger partial charge >= 0.3 is 5.97 Å². The van der Waals surface area contributed by atoms with Crippen LogP contribution in [0.25, 0.3) is 0 Å². The molecule has 0 aliphatic carbocycles. The molecule has 216 valence electrons. The fourth-order valence-electron chi connectivity index (χ4n) is 4.42. The molecule has 4 rings (SSSR count). The van der Waals surface area contributed by atoms with Gasteiger partial charge in [-0.15, -0.1) is 0 Å². The lowest BCUT2D eigenvalue weighted by atomic mass is 10.0. The lowest BCUT2D eigenvalue weighted by molar-refractivity contribution is -0.149. The lowest BCUT2D eigenvalue weighted by Crippen LogP contribution is -2.37. The number of hydroxylamine groups is 1. The minimum atomic E-state index is -0.674. The fraction of sp³-hybridized carbons (Fsp3) is 0.219. The lowest BCUT2D eigenvalue weighted by Gasteiger charge is -2.32. The first-order chi connectivity index (χ1) is 20.4. The average molecular weight is 569 g/mol. The van der Waals surface area contributed by atoms with Gasteiger partial charge in [0, 0.05) is 30.5 Å². The van der Waals surface area contributed by atoms with E-state index in [4.69, 9.17) is 9.94 Å². The van der Waals surface area contributed by atoms with Crippen LogP contribution in [-0.2, 0) is 20.9 Å². The van der Waals surface area contributed by atoms with Crippen molar-refractivity contribution in [3.8, 4) is 0 Å². The molecule has 0 radical (unpaired) electrons. The molecule has 0 fully saturated rings. The molecule has 42 heavy (non-hydrogen) atoms. The van der Waals surface area contributed by atoms with E-state index in [0.29, 0.717) is 37.8 Å². The van der Waals surface area contributed by atoms with E-state index in [2.05, 4.69) is 10.5 Å². The molecule has 1 atom stereocenters. The zero-order valence-corrected chi connectivity index (χ0v) is 22.9. The number of ether oxygens (including phenoxy) is 1. The number of rotatable bonds is 7. The standard InChI is InChI=1S/C32H32N4O6/c37-29-10-6-1-2-7-11-30(38)42-22-28(25-8-4-3-5-9-25)36(29)21-24-14-12-23(13-15-24)20-33-34-31(39)26-16-18-27(19-17-26)32(40)35-41/h1-5,8-9,12-20,28,41H,6-7,10-11,21-22H2,(H,34,39)(H,35,40)/b2-1+,33-20+/t28-/m1/s1. The van der Waals surface area contributed by atoms with E-state index in [1.54, 1.807) is 4.90 Å². The molecule has 1 heterocycles. The maximum atomic E-state index is 13.4. The number of amides is 3. The van der Waals surface area contributed by atoms with Crippen molar-refractivity contribution in [3.05, 3.63) is 119 Å². The first-order valence-corrected chi connectivity index (χ1v) is 13.6. The minimum Gasteiger partial charge on any atom is -0.463 e. The van der Waals surface area contributed by atoms with Crippen LogP contribution in [0.5, 0.6) is 0 Å². The van der Waals surface area contributed by atoms with Gasteiger partial charge in [0.05, 0.1) is 12.3 Å². The van der Waals surface area contributed by atoms with Crippen molar-refractivity contribution in [2.24, 2.45) is 5.10 Å². The number of hydrogen-bond donors (Lipinski definition) is 3. The Labute approximate surface area is 243 Å². The van der Waals surface area contributed by atoms with E-state index in [-0.39, 0.29) is 24.0 Å². The molecule has 1 aliphatic rings. The van der Waals surface area contributed by atoms with Crippen LogP contribution in [0.1, 0.15) is 69.1 Å². The zero-order valence-electron chi connectivity index (χ0n) is 22.9. The van der Waals surface area contributed by atoms with Gasteiger partial charge in [0.15, 0.2) is 0 Å². The third-order valence-electron chi connectivity index (χ3n) is 6.71. The number of esters is 1. The van der Waals surface area contributed by atoms with Gasteiger partial charge in [-0.25, -0.2) is 10.9 Å². The van der Waals surface area contributed by atoms with E-state index in [1.807, 2.05) is 66.7 Å². The first kappa shape index (κ1) is 29.9. The van der Waals surface area contributed by atoms with E-state index < -0.39 is 17.9 Å². The van der Waals surface area contributed by atoms with Gasteiger partial charge in [0.2, 0.25) is 5.91 Å². The summed E-state index contributed by atoms with van der Waals surface area (Å²) in [6, 6.07) is 22.3. The molecule has 0 aromatic heterocycles.